The first-order chi connectivity index (χ1) is 18.4. The van der Waals surface area contributed by atoms with Gasteiger partial charge in [-0.2, -0.15) is 13.2 Å². The van der Waals surface area contributed by atoms with E-state index in [2.05, 4.69) is 0 Å². The largest absolute Gasteiger partial charge is 0.420 e. The Labute approximate surface area is 228 Å². The molecule has 0 unspecified atom stereocenters. The maximum absolute atomic E-state index is 15.6. The summed E-state index contributed by atoms with van der Waals surface area (Å²) in [6, 6.07) is 7.12. The minimum Gasteiger partial charge on any atom is -0.420 e. The zero-order valence-electron chi connectivity index (χ0n) is 20.5. The molecule has 7 nitrogen and oxygen atoms in total. The maximum Gasteiger partial charge on any atom is 0.408 e. The van der Waals surface area contributed by atoms with Crippen molar-refractivity contribution in [1.82, 2.24) is 9.58 Å². The molecule has 0 aliphatic carbocycles. The van der Waals surface area contributed by atoms with Crippen molar-refractivity contribution in [2.24, 2.45) is 0 Å². The van der Waals surface area contributed by atoms with Crippen LogP contribution in [0.3, 0.4) is 0 Å². The number of hydrogen-bond donors (Lipinski definition) is 0. The Morgan fingerprint density at radius 1 is 1.15 bits per heavy atom. The summed E-state index contributed by atoms with van der Waals surface area (Å²) >= 11 is 7.86. The van der Waals surface area contributed by atoms with E-state index in [-0.39, 0.29) is 5.56 Å². The first-order valence-corrected chi connectivity index (χ1v) is 13.0. The SMILES string of the molecule is CC(=O)Oc1c2n(ccc1=O)N([C@@H]1c3cccc(Cl)c3SCc3cccc(F)c31)CN([C@H](C)C(F)(F)F)C2=O. The van der Waals surface area contributed by atoms with Gasteiger partial charge in [0.1, 0.15) is 24.6 Å². The molecule has 3 aromatic rings. The maximum atomic E-state index is 15.6. The van der Waals surface area contributed by atoms with Crippen LogP contribution in [0.2, 0.25) is 5.02 Å². The average Bonchev–Trinajstić information content (AvgIpc) is 3.03. The molecular weight excluding hydrogens is 562 g/mol. The van der Waals surface area contributed by atoms with Gasteiger partial charge in [0.25, 0.3) is 5.91 Å². The molecule has 39 heavy (non-hydrogen) atoms. The third-order valence-electron chi connectivity index (χ3n) is 6.64. The third-order valence-corrected chi connectivity index (χ3v) is 8.26. The van der Waals surface area contributed by atoms with Gasteiger partial charge in [-0.05, 0) is 30.2 Å². The summed E-state index contributed by atoms with van der Waals surface area (Å²) < 4.78 is 63.7. The molecule has 2 aromatic carbocycles. The predicted molar refractivity (Wildman–Crippen MR) is 136 cm³/mol. The number of thioether (sulfide) groups is 1. The van der Waals surface area contributed by atoms with Crippen molar-refractivity contribution in [1.29, 1.82) is 0 Å². The normalized spacial score (nSPS) is 17.6. The van der Waals surface area contributed by atoms with E-state index < -0.39 is 59.5 Å². The number of ether oxygens (including phenoxy) is 1. The lowest BCUT2D eigenvalue weighted by Gasteiger charge is -2.46. The monoisotopic (exact) mass is 581 g/mol. The molecule has 1 amide bonds. The molecule has 0 spiro atoms. The number of amides is 1. The summed E-state index contributed by atoms with van der Waals surface area (Å²) in [5, 5.41) is 1.71. The number of carbonyl (C=O) groups excluding carboxylic acids is 2. The topological polar surface area (TPSA) is 71.8 Å². The smallest absolute Gasteiger partial charge is 0.408 e. The molecule has 204 valence electrons. The molecule has 0 fully saturated rings. The Bertz CT molecular complexity index is 1560. The van der Waals surface area contributed by atoms with Gasteiger partial charge in [0, 0.05) is 35.4 Å². The predicted octanol–water partition coefficient (Wildman–Crippen LogP) is 5.26. The second-order valence-corrected chi connectivity index (χ2v) is 10.4. The number of pyridine rings is 1. The molecule has 3 heterocycles. The van der Waals surface area contributed by atoms with Crippen molar-refractivity contribution < 1.29 is 31.9 Å². The van der Waals surface area contributed by atoms with Gasteiger partial charge in [0.05, 0.1) is 5.02 Å². The quantitative estimate of drug-likeness (QED) is 0.310. The molecule has 0 radical (unpaired) electrons. The fourth-order valence-electron chi connectivity index (χ4n) is 4.79. The highest BCUT2D eigenvalue weighted by atomic mass is 35.5. The molecule has 1 aromatic heterocycles. The molecule has 2 aliphatic heterocycles. The number of aromatic nitrogens is 1. The lowest BCUT2D eigenvalue weighted by Crippen LogP contribution is -2.60. The zero-order chi connectivity index (χ0) is 28.2. The van der Waals surface area contributed by atoms with Gasteiger partial charge in [0.15, 0.2) is 5.69 Å². The number of esters is 1. The van der Waals surface area contributed by atoms with Crippen LogP contribution >= 0.6 is 23.4 Å². The van der Waals surface area contributed by atoms with Gasteiger partial charge in [-0.25, -0.2) is 4.39 Å². The number of nitrogens with zero attached hydrogens (tertiary/aromatic N) is 3. The van der Waals surface area contributed by atoms with Crippen LogP contribution in [0, 0.1) is 5.82 Å². The Kier molecular flexibility index (Phi) is 6.88. The molecule has 0 saturated heterocycles. The standard InChI is InChI=1S/C26H20ClF4N3O4S/c1-13(26(29,30)31)32-12-34(33-10-9-19(36)23(38-14(2)35)22(33)25(32)37)21-16-6-4-7-17(27)24(16)39-11-15-5-3-8-18(28)20(15)21/h3-10,13,21H,11-12H2,1-2H3/t13-,21-/m1/s1. The number of alkyl halides is 3. The highest BCUT2D eigenvalue weighted by Crippen LogP contribution is 2.46. The van der Waals surface area contributed by atoms with E-state index in [0.717, 1.165) is 24.6 Å². The van der Waals surface area contributed by atoms with Crippen LogP contribution in [0.15, 0.2) is 58.4 Å². The number of benzene rings is 2. The summed E-state index contributed by atoms with van der Waals surface area (Å²) in [7, 11) is 0. The van der Waals surface area contributed by atoms with Crippen LogP contribution in [0.4, 0.5) is 17.6 Å². The summed E-state index contributed by atoms with van der Waals surface area (Å²) in [5.41, 5.74) is -0.217. The van der Waals surface area contributed by atoms with Crippen LogP contribution in [-0.4, -0.2) is 40.3 Å². The Morgan fingerprint density at radius 2 is 1.87 bits per heavy atom. The number of fused-ring (bicyclic) bond motifs is 3. The molecule has 0 saturated carbocycles. The molecule has 0 N–H and O–H groups in total. The number of halogens is 5. The van der Waals surface area contributed by atoms with Crippen molar-refractivity contribution in [3.05, 3.63) is 92.1 Å². The fraction of sp³-hybridized carbons (Fsp3) is 0.269. The van der Waals surface area contributed by atoms with Crippen LogP contribution in [-0.2, 0) is 10.5 Å². The van der Waals surface area contributed by atoms with Crippen molar-refractivity contribution in [3.63, 3.8) is 0 Å². The average molecular weight is 582 g/mol. The Morgan fingerprint density at radius 3 is 2.56 bits per heavy atom. The van der Waals surface area contributed by atoms with Gasteiger partial charge in [-0.15, -0.1) is 11.8 Å². The summed E-state index contributed by atoms with van der Waals surface area (Å²) in [6.07, 6.45) is -3.63. The minimum absolute atomic E-state index is 0.179. The highest BCUT2D eigenvalue weighted by Gasteiger charge is 2.48. The zero-order valence-corrected chi connectivity index (χ0v) is 22.0. The van der Waals surface area contributed by atoms with Gasteiger partial charge >= 0.3 is 12.1 Å². The summed E-state index contributed by atoms with van der Waals surface area (Å²) in [4.78, 5) is 39.1. The van der Waals surface area contributed by atoms with E-state index in [1.807, 2.05) is 0 Å². The minimum atomic E-state index is -4.83. The summed E-state index contributed by atoms with van der Waals surface area (Å²) in [5.74, 6) is -3.12. The number of rotatable bonds is 3. The lowest BCUT2D eigenvalue weighted by atomic mass is 9.93. The first-order valence-electron chi connectivity index (χ1n) is 11.7. The third kappa shape index (κ3) is 4.65. The van der Waals surface area contributed by atoms with Crippen molar-refractivity contribution >= 4 is 35.2 Å². The van der Waals surface area contributed by atoms with Crippen LogP contribution < -0.4 is 15.2 Å². The molecule has 2 aliphatic rings. The molecule has 2 atom stereocenters. The van der Waals surface area contributed by atoms with E-state index in [9.17, 15) is 27.6 Å². The van der Waals surface area contributed by atoms with E-state index in [1.165, 1.54) is 35.1 Å². The van der Waals surface area contributed by atoms with E-state index in [4.69, 9.17) is 16.3 Å². The van der Waals surface area contributed by atoms with Crippen molar-refractivity contribution in [2.45, 2.75) is 42.8 Å². The summed E-state index contributed by atoms with van der Waals surface area (Å²) in [6.45, 7) is 1.17. The van der Waals surface area contributed by atoms with Gasteiger partial charge in [-0.1, -0.05) is 35.9 Å². The van der Waals surface area contributed by atoms with Gasteiger partial charge in [-0.3, -0.25) is 24.1 Å². The molecule has 5 rings (SSSR count). The number of carbonyl (C=O) groups is 2. The highest BCUT2D eigenvalue weighted by molar-refractivity contribution is 7.98. The van der Waals surface area contributed by atoms with Gasteiger partial charge in [0.2, 0.25) is 11.2 Å². The van der Waals surface area contributed by atoms with Crippen molar-refractivity contribution in [3.8, 4) is 5.75 Å². The fourth-order valence-corrected chi connectivity index (χ4v) is 6.24. The first kappa shape index (κ1) is 27.1. The molecular formula is C26H20ClF4N3O4S. The van der Waals surface area contributed by atoms with Crippen LogP contribution in [0.25, 0.3) is 0 Å². The van der Waals surface area contributed by atoms with Crippen LogP contribution in [0.1, 0.15) is 47.1 Å². The Hall–Kier alpha value is -3.51. The van der Waals surface area contributed by atoms with E-state index >= 15 is 4.39 Å². The lowest BCUT2D eigenvalue weighted by molar-refractivity contribution is -0.173. The van der Waals surface area contributed by atoms with E-state index in [1.54, 1.807) is 24.3 Å². The van der Waals surface area contributed by atoms with Gasteiger partial charge < -0.3 is 9.64 Å². The second kappa shape index (κ2) is 9.91. The van der Waals surface area contributed by atoms with Crippen LogP contribution in [0.5, 0.6) is 5.75 Å². The molecule has 0 bridgehead atoms. The van der Waals surface area contributed by atoms with Crippen molar-refractivity contribution in [2.75, 3.05) is 11.7 Å². The van der Waals surface area contributed by atoms with E-state index in [0.29, 0.717) is 31.7 Å². The Balaban J connectivity index is 1.84. The molecule has 13 heteroatoms. The number of hydrogen-bond acceptors (Lipinski definition) is 6. The second-order valence-electron chi connectivity index (χ2n) is 9.03.